The van der Waals surface area contributed by atoms with Crippen molar-refractivity contribution in [2.24, 2.45) is 0 Å². The Kier molecular flexibility index (Phi) is 5.14. The molecule has 0 aromatic heterocycles. The van der Waals surface area contributed by atoms with Gasteiger partial charge in [0.1, 0.15) is 0 Å². The van der Waals surface area contributed by atoms with Gasteiger partial charge in [-0.3, -0.25) is 0 Å². The average Bonchev–Trinajstić information content (AvgIpc) is 1.68. The van der Waals surface area contributed by atoms with E-state index in [0.717, 1.165) is 5.75 Å². The SMILES string of the molecule is CCSN([S-])C=S. The Morgan fingerprint density at radius 2 is 2.57 bits per heavy atom. The van der Waals surface area contributed by atoms with Gasteiger partial charge in [0.15, 0.2) is 0 Å². The standard InChI is InChI=1S/C3H6NS3/c1-2-7-4(6)3-5/h3H,2H2,1H3/q-1. The fourth-order valence-corrected chi connectivity index (χ4v) is 0.972. The van der Waals surface area contributed by atoms with Gasteiger partial charge < -0.3 is 16.5 Å². The maximum Gasteiger partial charge on any atom is 0.0514 e. The molecule has 0 aliphatic carbocycles. The second kappa shape index (κ2) is 4.74. The minimum atomic E-state index is 0.983. The molecule has 0 aromatic rings. The van der Waals surface area contributed by atoms with Gasteiger partial charge in [-0.1, -0.05) is 31.1 Å². The lowest BCUT2D eigenvalue weighted by Crippen LogP contribution is -2.00. The van der Waals surface area contributed by atoms with Crippen molar-refractivity contribution >= 4 is 42.5 Å². The summed E-state index contributed by atoms with van der Waals surface area (Å²) in [4.78, 5) is 0. The van der Waals surface area contributed by atoms with Gasteiger partial charge in [-0.15, -0.1) is 0 Å². The molecule has 0 aliphatic rings. The van der Waals surface area contributed by atoms with Gasteiger partial charge in [0, 0.05) is 5.75 Å². The third kappa shape index (κ3) is 4.44. The minimum Gasteiger partial charge on any atom is -0.653 e. The molecular formula is C3H6NS3-. The van der Waals surface area contributed by atoms with Crippen LogP contribution in [0.15, 0.2) is 0 Å². The number of hydrogen-bond donors (Lipinski definition) is 0. The second-order valence-electron chi connectivity index (χ2n) is 0.809. The van der Waals surface area contributed by atoms with Crippen LogP contribution in [0.25, 0.3) is 0 Å². The van der Waals surface area contributed by atoms with Crippen LogP contribution in [0.3, 0.4) is 0 Å². The van der Waals surface area contributed by atoms with Crippen molar-refractivity contribution in [3.63, 3.8) is 0 Å². The molecule has 0 heterocycles. The molecule has 42 valence electrons. The first-order valence-corrected chi connectivity index (χ1v) is 3.63. The Labute approximate surface area is 59.1 Å². The molecule has 0 fully saturated rings. The molecule has 7 heavy (non-hydrogen) atoms. The quantitative estimate of drug-likeness (QED) is 0.341. The van der Waals surface area contributed by atoms with Gasteiger partial charge in [-0.25, -0.2) is 0 Å². The molecule has 1 nitrogen and oxygen atoms in total. The Balaban J connectivity index is 2.98. The number of rotatable bonds is 3. The van der Waals surface area contributed by atoms with Crippen molar-refractivity contribution in [3.8, 4) is 0 Å². The molecule has 0 unspecified atom stereocenters. The lowest BCUT2D eigenvalue weighted by Gasteiger charge is -2.22. The molecule has 0 atom stereocenters. The summed E-state index contributed by atoms with van der Waals surface area (Å²) in [6.07, 6.45) is 0. The van der Waals surface area contributed by atoms with Gasteiger partial charge in [0.2, 0.25) is 0 Å². The van der Waals surface area contributed by atoms with Crippen molar-refractivity contribution in [2.75, 3.05) is 5.75 Å². The van der Waals surface area contributed by atoms with E-state index in [2.05, 4.69) is 25.0 Å². The zero-order valence-corrected chi connectivity index (χ0v) is 6.41. The third-order valence-corrected chi connectivity index (χ3v) is 1.86. The summed E-state index contributed by atoms with van der Waals surface area (Å²) in [7, 11) is 0. The summed E-state index contributed by atoms with van der Waals surface area (Å²) in [6.45, 7) is 2.03. The van der Waals surface area contributed by atoms with E-state index in [4.69, 9.17) is 0 Å². The van der Waals surface area contributed by atoms with E-state index in [-0.39, 0.29) is 0 Å². The van der Waals surface area contributed by atoms with Crippen LogP contribution in [0.1, 0.15) is 6.92 Å². The van der Waals surface area contributed by atoms with Crippen LogP contribution >= 0.6 is 24.2 Å². The first kappa shape index (κ1) is 7.59. The highest BCUT2D eigenvalue weighted by Gasteiger charge is 1.74. The monoisotopic (exact) mass is 152 g/mol. The predicted molar refractivity (Wildman–Crippen MR) is 41.0 cm³/mol. The first-order chi connectivity index (χ1) is 3.31. The molecule has 0 bridgehead atoms. The molecule has 4 heteroatoms. The average molecular weight is 152 g/mol. The molecule has 0 aromatic carbocycles. The van der Waals surface area contributed by atoms with E-state index in [9.17, 15) is 0 Å². The summed E-state index contributed by atoms with van der Waals surface area (Å²) >= 11 is 10.7. The fourth-order valence-electron chi connectivity index (χ4n) is 0.158. The largest absolute Gasteiger partial charge is 0.653 e. The number of hydrogen-bond acceptors (Lipinski definition) is 3. The molecule has 0 amide bonds. The summed E-state index contributed by atoms with van der Waals surface area (Å²) in [6, 6.07) is 0. The Morgan fingerprint density at radius 3 is 2.71 bits per heavy atom. The van der Waals surface area contributed by atoms with E-state index >= 15 is 0 Å². The molecule has 0 rings (SSSR count). The Hall–Kier alpha value is 0.590. The summed E-state index contributed by atoms with van der Waals surface area (Å²) in [5, 5.41) is 0. The highest BCUT2D eigenvalue weighted by Crippen LogP contribution is 2.01. The second-order valence-corrected chi connectivity index (χ2v) is 2.87. The van der Waals surface area contributed by atoms with Crippen LogP contribution in [-0.2, 0) is 12.8 Å². The smallest absolute Gasteiger partial charge is 0.0514 e. The Bertz CT molecular complexity index is 56.1. The zero-order chi connectivity index (χ0) is 5.70. The van der Waals surface area contributed by atoms with E-state index in [1.807, 2.05) is 6.92 Å². The molecule has 0 saturated heterocycles. The molecular weight excluding hydrogens is 146 g/mol. The summed E-state index contributed by atoms with van der Waals surface area (Å²) in [5.74, 6) is 0.983. The zero-order valence-electron chi connectivity index (χ0n) is 3.96. The van der Waals surface area contributed by atoms with Crippen molar-refractivity contribution in [1.29, 1.82) is 0 Å². The van der Waals surface area contributed by atoms with Crippen molar-refractivity contribution in [3.05, 3.63) is 0 Å². The van der Waals surface area contributed by atoms with Crippen LogP contribution in [0.2, 0.25) is 0 Å². The minimum absolute atomic E-state index is 0.983. The maximum atomic E-state index is 4.67. The highest BCUT2D eigenvalue weighted by molar-refractivity contribution is 8.03. The van der Waals surface area contributed by atoms with Crippen molar-refractivity contribution in [2.45, 2.75) is 6.92 Å². The summed E-state index contributed by atoms with van der Waals surface area (Å²) in [5.41, 5.74) is 1.45. The summed E-state index contributed by atoms with van der Waals surface area (Å²) < 4.78 is 1.50. The predicted octanol–water partition coefficient (Wildman–Crippen LogP) is 1.38. The van der Waals surface area contributed by atoms with Crippen LogP contribution in [-0.4, -0.2) is 15.0 Å². The first-order valence-electron chi connectivity index (χ1n) is 1.85. The number of nitrogens with zero attached hydrogens (tertiary/aromatic N) is 1. The van der Waals surface area contributed by atoms with Gasteiger partial charge in [-0.05, 0) is 0 Å². The third-order valence-electron chi connectivity index (χ3n) is 0.342. The normalized spacial score (nSPS) is 8.29. The topological polar surface area (TPSA) is 3.24 Å². The lowest BCUT2D eigenvalue weighted by molar-refractivity contribution is 1.21. The number of thiocarbonyl (C=S) groups is 1. The van der Waals surface area contributed by atoms with Gasteiger partial charge in [0.25, 0.3) is 0 Å². The lowest BCUT2D eigenvalue weighted by atomic mass is 11.0. The van der Waals surface area contributed by atoms with Gasteiger partial charge >= 0.3 is 0 Å². The van der Waals surface area contributed by atoms with E-state index in [1.165, 1.54) is 21.1 Å². The fraction of sp³-hybridized carbons (Fsp3) is 0.667. The van der Waals surface area contributed by atoms with Crippen LogP contribution in [0, 0.1) is 0 Å². The highest BCUT2D eigenvalue weighted by atomic mass is 32.2. The van der Waals surface area contributed by atoms with E-state index in [0.29, 0.717) is 0 Å². The van der Waals surface area contributed by atoms with Crippen molar-refractivity contribution < 1.29 is 0 Å². The van der Waals surface area contributed by atoms with Gasteiger partial charge in [-0.2, -0.15) is 0 Å². The van der Waals surface area contributed by atoms with E-state index in [1.54, 1.807) is 0 Å². The molecule has 0 aliphatic heterocycles. The van der Waals surface area contributed by atoms with Crippen LogP contribution < -0.4 is 0 Å². The van der Waals surface area contributed by atoms with Crippen LogP contribution in [0.5, 0.6) is 0 Å². The Morgan fingerprint density at radius 1 is 2.00 bits per heavy atom. The van der Waals surface area contributed by atoms with Crippen molar-refractivity contribution in [1.82, 2.24) is 3.71 Å². The van der Waals surface area contributed by atoms with Crippen LogP contribution in [0.4, 0.5) is 0 Å². The van der Waals surface area contributed by atoms with E-state index < -0.39 is 0 Å². The maximum absolute atomic E-state index is 4.67. The molecule has 0 radical (unpaired) electrons. The molecule has 0 spiro atoms. The molecule has 0 N–H and O–H groups in total. The molecule has 0 saturated carbocycles. The van der Waals surface area contributed by atoms with Gasteiger partial charge in [0.05, 0.1) is 5.49 Å².